The number of thiophene rings is 1. The Bertz CT molecular complexity index is 697. The van der Waals surface area contributed by atoms with E-state index in [9.17, 15) is 9.59 Å². The van der Waals surface area contributed by atoms with Crippen LogP contribution in [0.4, 0.5) is 0 Å². The zero-order valence-electron chi connectivity index (χ0n) is 12.1. The van der Waals surface area contributed by atoms with Gasteiger partial charge in [0, 0.05) is 10.4 Å². The Kier molecular flexibility index (Phi) is 4.11. The summed E-state index contributed by atoms with van der Waals surface area (Å²) in [4.78, 5) is 25.1. The number of ether oxygens (including phenoxy) is 1. The van der Waals surface area contributed by atoms with Gasteiger partial charge in [0.15, 0.2) is 0 Å². The summed E-state index contributed by atoms with van der Waals surface area (Å²) >= 11 is 1.60. The molecular weight excluding hydrogens is 300 g/mol. The first kappa shape index (κ1) is 14.6. The third-order valence-corrected chi connectivity index (χ3v) is 4.49. The highest BCUT2D eigenvalue weighted by Gasteiger charge is 2.30. The molecule has 1 atom stereocenters. The Labute approximate surface area is 132 Å². The molecule has 0 bridgehead atoms. The van der Waals surface area contributed by atoms with Crippen molar-refractivity contribution in [3.8, 4) is 5.75 Å². The molecule has 0 radical (unpaired) electrons. The molecule has 1 unspecified atom stereocenters. The molecule has 1 aromatic heterocycles. The summed E-state index contributed by atoms with van der Waals surface area (Å²) in [5.41, 5.74) is 1.42. The monoisotopic (exact) mass is 316 g/mol. The minimum atomic E-state index is -0.281. The summed E-state index contributed by atoms with van der Waals surface area (Å²) in [6.45, 7) is 0.520. The van der Waals surface area contributed by atoms with Gasteiger partial charge in [0.05, 0.1) is 26.1 Å². The van der Waals surface area contributed by atoms with Crippen molar-refractivity contribution in [1.29, 1.82) is 0 Å². The zero-order chi connectivity index (χ0) is 15.5. The SMILES string of the molecule is COc1ccc2c(c1)C(=O)NC2CC(=O)NCc1cccs1. The first-order valence-electron chi connectivity index (χ1n) is 6.95. The molecule has 22 heavy (non-hydrogen) atoms. The van der Waals surface area contributed by atoms with Crippen molar-refractivity contribution in [2.24, 2.45) is 0 Å². The number of hydrogen-bond acceptors (Lipinski definition) is 4. The van der Waals surface area contributed by atoms with Crippen LogP contribution in [0, 0.1) is 0 Å². The van der Waals surface area contributed by atoms with Crippen molar-refractivity contribution in [3.63, 3.8) is 0 Å². The molecule has 6 heteroatoms. The first-order valence-corrected chi connectivity index (χ1v) is 7.83. The van der Waals surface area contributed by atoms with E-state index < -0.39 is 0 Å². The van der Waals surface area contributed by atoms with Crippen molar-refractivity contribution in [3.05, 3.63) is 51.7 Å². The topological polar surface area (TPSA) is 67.4 Å². The molecule has 2 amide bonds. The van der Waals surface area contributed by atoms with Crippen LogP contribution < -0.4 is 15.4 Å². The van der Waals surface area contributed by atoms with Gasteiger partial charge in [-0.05, 0) is 29.1 Å². The van der Waals surface area contributed by atoms with Gasteiger partial charge in [0.1, 0.15) is 5.75 Å². The summed E-state index contributed by atoms with van der Waals surface area (Å²) in [7, 11) is 1.56. The summed E-state index contributed by atoms with van der Waals surface area (Å²) < 4.78 is 5.13. The lowest BCUT2D eigenvalue weighted by atomic mass is 10.0. The van der Waals surface area contributed by atoms with E-state index in [-0.39, 0.29) is 24.3 Å². The molecule has 1 aliphatic rings. The maximum absolute atomic E-state index is 12.1. The highest BCUT2D eigenvalue weighted by atomic mass is 32.1. The smallest absolute Gasteiger partial charge is 0.252 e. The van der Waals surface area contributed by atoms with E-state index in [1.807, 2.05) is 23.6 Å². The molecule has 0 spiro atoms. The Hall–Kier alpha value is -2.34. The highest BCUT2D eigenvalue weighted by molar-refractivity contribution is 7.09. The third-order valence-electron chi connectivity index (χ3n) is 3.62. The molecule has 2 heterocycles. The van der Waals surface area contributed by atoms with Gasteiger partial charge >= 0.3 is 0 Å². The van der Waals surface area contributed by atoms with Crippen molar-refractivity contribution in [2.45, 2.75) is 19.0 Å². The van der Waals surface area contributed by atoms with Gasteiger partial charge in [-0.3, -0.25) is 9.59 Å². The fourth-order valence-electron chi connectivity index (χ4n) is 2.49. The van der Waals surface area contributed by atoms with Crippen molar-refractivity contribution >= 4 is 23.2 Å². The maximum Gasteiger partial charge on any atom is 0.252 e. The molecule has 114 valence electrons. The predicted molar refractivity (Wildman–Crippen MR) is 84.0 cm³/mol. The number of carbonyl (C=O) groups excluding carboxylic acids is 2. The maximum atomic E-state index is 12.1. The van der Waals surface area contributed by atoms with E-state index in [4.69, 9.17) is 4.74 Å². The molecule has 0 aliphatic carbocycles. The molecule has 0 saturated carbocycles. The van der Waals surface area contributed by atoms with Crippen LogP contribution in [-0.4, -0.2) is 18.9 Å². The second-order valence-corrected chi connectivity index (χ2v) is 6.07. The molecule has 3 rings (SSSR count). The molecule has 2 aromatic rings. The van der Waals surface area contributed by atoms with E-state index >= 15 is 0 Å². The number of amides is 2. The number of hydrogen-bond donors (Lipinski definition) is 2. The Morgan fingerprint density at radius 2 is 2.27 bits per heavy atom. The largest absolute Gasteiger partial charge is 0.497 e. The quantitative estimate of drug-likeness (QED) is 0.889. The Morgan fingerprint density at radius 3 is 3.00 bits per heavy atom. The average Bonchev–Trinajstić information content (AvgIpc) is 3.14. The molecule has 0 saturated heterocycles. The minimum Gasteiger partial charge on any atom is -0.497 e. The van der Waals surface area contributed by atoms with Crippen LogP contribution >= 0.6 is 11.3 Å². The number of rotatable bonds is 5. The molecule has 1 aromatic carbocycles. The summed E-state index contributed by atoms with van der Waals surface area (Å²) in [6.07, 6.45) is 0.233. The van der Waals surface area contributed by atoms with Crippen LogP contribution in [-0.2, 0) is 11.3 Å². The van der Waals surface area contributed by atoms with Crippen molar-refractivity contribution in [2.75, 3.05) is 7.11 Å². The minimum absolute atomic E-state index is 0.0811. The van der Waals surface area contributed by atoms with Crippen LogP contribution in [0.3, 0.4) is 0 Å². The molecule has 0 fully saturated rings. The lowest BCUT2D eigenvalue weighted by molar-refractivity contribution is -0.121. The van der Waals surface area contributed by atoms with Crippen LogP contribution in [0.2, 0.25) is 0 Å². The first-order chi connectivity index (χ1) is 10.7. The number of fused-ring (bicyclic) bond motifs is 1. The number of nitrogens with one attached hydrogen (secondary N) is 2. The van der Waals surface area contributed by atoms with E-state index in [2.05, 4.69) is 10.6 Å². The summed E-state index contributed by atoms with van der Waals surface area (Å²) in [6, 6.07) is 8.99. The number of carbonyl (C=O) groups is 2. The van der Waals surface area contributed by atoms with E-state index in [0.717, 1.165) is 10.4 Å². The zero-order valence-corrected chi connectivity index (χ0v) is 12.9. The third kappa shape index (κ3) is 2.96. The van der Waals surface area contributed by atoms with E-state index in [1.165, 1.54) is 0 Å². The van der Waals surface area contributed by atoms with Crippen molar-refractivity contribution < 1.29 is 14.3 Å². The average molecular weight is 316 g/mol. The summed E-state index contributed by atoms with van der Waals surface area (Å²) in [5.74, 6) is 0.393. The Balaban J connectivity index is 1.65. The van der Waals surface area contributed by atoms with Crippen LogP contribution in [0.1, 0.15) is 33.3 Å². The normalized spacial score (nSPS) is 16.0. The molecular formula is C16H16N2O3S. The predicted octanol–water partition coefficient (Wildman–Crippen LogP) is 2.25. The van der Waals surface area contributed by atoms with Gasteiger partial charge in [-0.15, -0.1) is 11.3 Å². The van der Waals surface area contributed by atoms with Crippen LogP contribution in [0.15, 0.2) is 35.7 Å². The van der Waals surface area contributed by atoms with E-state index in [1.54, 1.807) is 30.6 Å². The van der Waals surface area contributed by atoms with Gasteiger partial charge in [-0.2, -0.15) is 0 Å². The number of methoxy groups -OCH3 is 1. The van der Waals surface area contributed by atoms with E-state index in [0.29, 0.717) is 17.9 Å². The molecule has 5 nitrogen and oxygen atoms in total. The fraction of sp³-hybridized carbons (Fsp3) is 0.250. The second-order valence-electron chi connectivity index (χ2n) is 5.04. The lowest BCUT2D eigenvalue weighted by Crippen LogP contribution is -2.28. The van der Waals surface area contributed by atoms with Gasteiger partial charge < -0.3 is 15.4 Å². The van der Waals surface area contributed by atoms with Crippen molar-refractivity contribution in [1.82, 2.24) is 10.6 Å². The van der Waals surface area contributed by atoms with Gasteiger partial charge in [0.25, 0.3) is 5.91 Å². The highest BCUT2D eigenvalue weighted by Crippen LogP contribution is 2.30. The van der Waals surface area contributed by atoms with Gasteiger partial charge in [0.2, 0.25) is 5.91 Å². The van der Waals surface area contributed by atoms with Crippen LogP contribution in [0.25, 0.3) is 0 Å². The number of benzene rings is 1. The molecule has 2 N–H and O–H groups in total. The lowest BCUT2D eigenvalue weighted by Gasteiger charge is -2.12. The fourth-order valence-corrected chi connectivity index (χ4v) is 3.14. The summed E-state index contributed by atoms with van der Waals surface area (Å²) in [5, 5.41) is 7.69. The van der Waals surface area contributed by atoms with Crippen LogP contribution in [0.5, 0.6) is 5.75 Å². The van der Waals surface area contributed by atoms with Gasteiger partial charge in [-0.1, -0.05) is 12.1 Å². The second kappa shape index (κ2) is 6.19. The standard InChI is InChI=1S/C16H16N2O3S/c1-21-10-4-5-12-13(7-10)16(20)18-14(12)8-15(19)17-9-11-3-2-6-22-11/h2-7,14H,8-9H2,1H3,(H,17,19)(H,18,20). The molecule has 1 aliphatic heterocycles. The Morgan fingerprint density at radius 1 is 1.41 bits per heavy atom. The van der Waals surface area contributed by atoms with Gasteiger partial charge in [-0.25, -0.2) is 0 Å².